The topological polar surface area (TPSA) is 77.0 Å². The molecule has 0 unspecified atom stereocenters. The molecule has 0 saturated heterocycles. The highest BCUT2D eigenvalue weighted by molar-refractivity contribution is 7.13. The summed E-state index contributed by atoms with van der Waals surface area (Å²) in [5.74, 6) is 0.677. The van der Waals surface area contributed by atoms with E-state index in [0.717, 1.165) is 16.1 Å². The predicted octanol–water partition coefficient (Wildman–Crippen LogP) is 3.47. The number of carbonyl (C=O) groups excluding carboxylic acids is 1. The number of aromatic nitrogens is 4. The molecule has 1 aromatic carbocycles. The number of thiophene rings is 1. The van der Waals surface area contributed by atoms with Crippen molar-refractivity contribution in [3.8, 4) is 22.0 Å². The average molecular weight is 379 g/mol. The van der Waals surface area contributed by atoms with Crippen LogP contribution in [0.15, 0.2) is 58.4 Å². The lowest BCUT2D eigenvalue weighted by molar-refractivity contribution is 0.0763. The van der Waals surface area contributed by atoms with Crippen molar-refractivity contribution in [2.45, 2.75) is 6.54 Å². The predicted molar refractivity (Wildman–Crippen MR) is 102 cm³/mol. The second-order valence-corrected chi connectivity index (χ2v) is 7.00. The molecule has 136 valence electrons. The van der Waals surface area contributed by atoms with Gasteiger partial charge in [0.05, 0.1) is 10.6 Å². The molecule has 0 radical (unpaired) electrons. The Balaban J connectivity index is 1.49. The van der Waals surface area contributed by atoms with E-state index in [0.29, 0.717) is 17.4 Å². The van der Waals surface area contributed by atoms with Crippen LogP contribution < -0.4 is 0 Å². The highest BCUT2D eigenvalue weighted by Gasteiger charge is 2.20. The van der Waals surface area contributed by atoms with Gasteiger partial charge in [0.15, 0.2) is 5.69 Å². The minimum Gasteiger partial charge on any atom is -0.337 e. The SMILES string of the molecule is CN(Cc1nc(-c2ccccc2)no1)C(=O)c1cc(-c2cccs2)n(C)n1. The van der Waals surface area contributed by atoms with Gasteiger partial charge in [-0.1, -0.05) is 41.6 Å². The lowest BCUT2D eigenvalue weighted by Crippen LogP contribution is -2.26. The van der Waals surface area contributed by atoms with Gasteiger partial charge in [0.2, 0.25) is 11.7 Å². The molecule has 27 heavy (non-hydrogen) atoms. The summed E-state index contributed by atoms with van der Waals surface area (Å²) in [5.41, 5.74) is 2.16. The fourth-order valence-electron chi connectivity index (χ4n) is 2.72. The van der Waals surface area contributed by atoms with Crippen molar-refractivity contribution >= 4 is 17.2 Å². The lowest BCUT2D eigenvalue weighted by atomic mass is 10.2. The van der Waals surface area contributed by atoms with E-state index in [-0.39, 0.29) is 12.5 Å². The van der Waals surface area contributed by atoms with Crippen molar-refractivity contribution in [2.75, 3.05) is 7.05 Å². The number of amides is 1. The minimum absolute atomic E-state index is 0.201. The minimum atomic E-state index is -0.201. The van der Waals surface area contributed by atoms with E-state index in [4.69, 9.17) is 4.52 Å². The van der Waals surface area contributed by atoms with E-state index in [9.17, 15) is 4.79 Å². The molecule has 0 aliphatic carbocycles. The first-order valence-electron chi connectivity index (χ1n) is 8.33. The molecule has 3 aromatic heterocycles. The summed E-state index contributed by atoms with van der Waals surface area (Å²) in [5, 5.41) is 10.3. The summed E-state index contributed by atoms with van der Waals surface area (Å²) in [6.07, 6.45) is 0. The zero-order valence-electron chi connectivity index (χ0n) is 14.9. The molecule has 4 rings (SSSR count). The molecule has 4 aromatic rings. The Hall–Kier alpha value is -3.26. The van der Waals surface area contributed by atoms with Gasteiger partial charge in [-0.05, 0) is 17.5 Å². The van der Waals surface area contributed by atoms with Crippen molar-refractivity contribution in [3.05, 3.63) is 65.5 Å². The van der Waals surface area contributed by atoms with Crippen LogP contribution in [-0.2, 0) is 13.6 Å². The Morgan fingerprint density at radius 1 is 1.22 bits per heavy atom. The van der Waals surface area contributed by atoms with Crippen molar-refractivity contribution < 1.29 is 9.32 Å². The molecule has 0 bridgehead atoms. The molecule has 7 nitrogen and oxygen atoms in total. The zero-order chi connectivity index (χ0) is 18.8. The van der Waals surface area contributed by atoms with Crippen LogP contribution in [0.3, 0.4) is 0 Å². The molecule has 0 aliphatic rings. The quantitative estimate of drug-likeness (QED) is 0.531. The normalized spacial score (nSPS) is 10.9. The molecular formula is C19H17N5O2S. The largest absolute Gasteiger partial charge is 0.337 e. The first-order valence-corrected chi connectivity index (χ1v) is 9.21. The van der Waals surface area contributed by atoms with Crippen LogP contribution in [0, 0.1) is 0 Å². The molecule has 0 saturated carbocycles. The standard InChI is InChI=1S/C19H17N5O2S/c1-23(12-17-20-18(22-26-17)13-7-4-3-5-8-13)19(25)14-11-15(24(2)21-14)16-9-6-10-27-16/h3-11H,12H2,1-2H3. The Bertz CT molecular complexity index is 1050. The summed E-state index contributed by atoms with van der Waals surface area (Å²) in [7, 11) is 3.52. The van der Waals surface area contributed by atoms with Crippen LogP contribution >= 0.6 is 11.3 Å². The van der Waals surface area contributed by atoms with Gasteiger partial charge in [-0.25, -0.2) is 0 Å². The Morgan fingerprint density at radius 2 is 2.04 bits per heavy atom. The summed E-state index contributed by atoms with van der Waals surface area (Å²) in [4.78, 5) is 19.7. The Kier molecular flexibility index (Phi) is 4.55. The lowest BCUT2D eigenvalue weighted by Gasteiger charge is -2.12. The number of aryl methyl sites for hydroxylation is 1. The van der Waals surface area contributed by atoms with E-state index in [1.54, 1.807) is 29.1 Å². The molecule has 8 heteroatoms. The third kappa shape index (κ3) is 3.52. The highest BCUT2D eigenvalue weighted by atomic mass is 32.1. The second kappa shape index (κ2) is 7.16. The number of rotatable bonds is 5. The maximum atomic E-state index is 12.7. The van der Waals surface area contributed by atoms with Crippen molar-refractivity contribution in [1.82, 2.24) is 24.8 Å². The van der Waals surface area contributed by atoms with Gasteiger partial charge in [0.1, 0.15) is 6.54 Å². The Labute approximate surface area is 159 Å². The molecule has 0 N–H and O–H groups in total. The van der Waals surface area contributed by atoms with Crippen LogP contribution in [0.25, 0.3) is 22.0 Å². The monoisotopic (exact) mass is 379 g/mol. The smallest absolute Gasteiger partial charge is 0.274 e. The number of nitrogens with zero attached hydrogens (tertiary/aromatic N) is 5. The van der Waals surface area contributed by atoms with Crippen LogP contribution in [0.1, 0.15) is 16.4 Å². The van der Waals surface area contributed by atoms with Crippen LogP contribution in [0.4, 0.5) is 0 Å². The summed E-state index contributed by atoms with van der Waals surface area (Å²) < 4.78 is 7.00. The van der Waals surface area contributed by atoms with Gasteiger partial charge in [0, 0.05) is 19.7 Å². The average Bonchev–Trinajstić information content (AvgIpc) is 3.42. The maximum Gasteiger partial charge on any atom is 0.274 e. The van der Waals surface area contributed by atoms with E-state index in [2.05, 4.69) is 15.2 Å². The first kappa shape index (κ1) is 17.2. The van der Waals surface area contributed by atoms with E-state index in [1.807, 2.05) is 54.9 Å². The number of benzene rings is 1. The fraction of sp³-hybridized carbons (Fsp3) is 0.158. The van der Waals surface area contributed by atoms with E-state index in [1.165, 1.54) is 4.90 Å². The van der Waals surface area contributed by atoms with Crippen molar-refractivity contribution in [3.63, 3.8) is 0 Å². The molecule has 0 spiro atoms. The Morgan fingerprint density at radius 3 is 2.78 bits per heavy atom. The number of hydrogen-bond donors (Lipinski definition) is 0. The van der Waals surface area contributed by atoms with Gasteiger partial charge in [0.25, 0.3) is 5.91 Å². The van der Waals surface area contributed by atoms with Crippen molar-refractivity contribution in [2.24, 2.45) is 7.05 Å². The van der Waals surface area contributed by atoms with Gasteiger partial charge < -0.3 is 9.42 Å². The van der Waals surface area contributed by atoms with Gasteiger partial charge in [-0.2, -0.15) is 10.1 Å². The fourth-order valence-corrected chi connectivity index (χ4v) is 3.49. The van der Waals surface area contributed by atoms with Crippen LogP contribution in [-0.4, -0.2) is 37.8 Å². The molecular weight excluding hydrogens is 362 g/mol. The molecule has 0 atom stereocenters. The van der Waals surface area contributed by atoms with Crippen molar-refractivity contribution in [1.29, 1.82) is 0 Å². The summed E-state index contributed by atoms with van der Waals surface area (Å²) in [6, 6.07) is 15.3. The molecule has 3 heterocycles. The third-order valence-corrected chi connectivity index (χ3v) is 4.98. The van der Waals surface area contributed by atoms with Crippen LogP contribution in [0.2, 0.25) is 0 Å². The summed E-state index contributed by atoms with van der Waals surface area (Å²) >= 11 is 1.61. The molecule has 0 aliphatic heterocycles. The van der Waals surface area contributed by atoms with E-state index < -0.39 is 0 Å². The van der Waals surface area contributed by atoms with Crippen LogP contribution in [0.5, 0.6) is 0 Å². The second-order valence-electron chi connectivity index (χ2n) is 6.05. The number of carbonyl (C=O) groups is 1. The molecule has 0 fully saturated rings. The van der Waals surface area contributed by atoms with E-state index >= 15 is 0 Å². The zero-order valence-corrected chi connectivity index (χ0v) is 15.7. The number of hydrogen-bond acceptors (Lipinski definition) is 6. The highest BCUT2D eigenvalue weighted by Crippen LogP contribution is 2.25. The van der Waals surface area contributed by atoms with Gasteiger partial charge in [-0.3, -0.25) is 9.48 Å². The molecule has 1 amide bonds. The first-order chi connectivity index (χ1) is 13.1. The third-order valence-electron chi connectivity index (χ3n) is 4.09. The van der Waals surface area contributed by atoms with Gasteiger partial charge >= 0.3 is 0 Å². The summed E-state index contributed by atoms with van der Waals surface area (Å²) in [6.45, 7) is 0.212. The maximum absolute atomic E-state index is 12.7. The van der Waals surface area contributed by atoms with Gasteiger partial charge in [-0.15, -0.1) is 11.3 Å².